The van der Waals surface area contributed by atoms with Crippen molar-refractivity contribution in [2.75, 3.05) is 11.4 Å². The maximum absolute atomic E-state index is 14.3. The third kappa shape index (κ3) is 4.11. The first-order valence-electron chi connectivity index (χ1n) is 9.96. The number of hydrogen-bond acceptors (Lipinski definition) is 3. The van der Waals surface area contributed by atoms with Gasteiger partial charge in [-0.05, 0) is 43.2 Å². The van der Waals surface area contributed by atoms with E-state index in [-0.39, 0.29) is 30.2 Å². The zero-order valence-corrected chi connectivity index (χ0v) is 18.2. The number of sulfonamides is 1. The molecule has 0 aromatic heterocycles. The number of carbonyl (C=O) groups excluding carboxylic acids is 1. The number of amides is 1. The SMILES string of the molecule is Cc1ccc(C)c(CN2CC(=O)N(Cc3ccccc3F)c3ccccc3S2(=O)=O)c1. The molecule has 3 aromatic rings. The lowest BCUT2D eigenvalue weighted by Crippen LogP contribution is -2.39. The normalized spacial score (nSPS) is 16.1. The van der Waals surface area contributed by atoms with Gasteiger partial charge < -0.3 is 4.90 Å². The quantitative estimate of drug-likeness (QED) is 0.614. The minimum atomic E-state index is -3.94. The molecule has 0 N–H and O–H groups in total. The Morgan fingerprint density at radius 1 is 0.903 bits per heavy atom. The van der Waals surface area contributed by atoms with Crippen molar-refractivity contribution < 1.29 is 17.6 Å². The third-order valence-corrected chi connectivity index (χ3v) is 7.36. The fourth-order valence-electron chi connectivity index (χ4n) is 3.76. The van der Waals surface area contributed by atoms with Crippen molar-refractivity contribution in [2.24, 2.45) is 0 Å². The lowest BCUT2D eigenvalue weighted by molar-refractivity contribution is -0.119. The maximum atomic E-state index is 14.3. The Kier molecular flexibility index (Phi) is 5.64. The number of hydrogen-bond donors (Lipinski definition) is 0. The van der Waals surface area contributed by atoms with E-state index in [1.165, 1.54) is 21.3 Å². The van der Waals surface area contributed by atoms with Crippen LogP contribution >= 0.6 is 0 Å². The summed E-state index contributed by atoms with van der Waals surface area (Å²) in [6.45, 7) is 3.58. The van der Waals surface area contributed by atoms with Gasteiger partial charge in [0.25, 0.3) is 0 Å². The Bertz CT molecular complexity index is 1260. The molecule has 3 aromatic carbocycles. The van der Waals surface area contributed by atoms with Crippen molar-refractivity contribution in [3.8, 4) is 0 Å². The highest BCUT2D eigenvalue weighted by Crippen LogP contribution is 2.33. The van der Waals surface area contributed by atoms with E-state index in [0.717, 1.165) is 16.7 Å². The van der Waals surface area contributed by atoms with E-state index in [9.17, 15) is 17.6 Å². The van der Waals surface area contributed by atoms with E-state index in [1.807, 2.05) is 32.0 Å². The van der Waals surface area contributed by atoms with Gasteiger partial charge in [0.15, 0.2) is 0 Å². The summed E-state index contributed by atoms with van der Waals surface area (Å²) in [6.07, 6.45) is 0. The van der Waals surface area contributed by atoms with Crippen molar-refractivity contribution in [1.29, 1.82) is 0 Å². The molecule has 1 heterocycles. The van der Waals surface area contributed by atoms with Crippen LogP contribution < -0.4 is 4.90 Å². The molecule has 0 atom stereocenters. The predicted molar refractivity (Wildman–Crippen MR) is 118 cm³/mol. The standard InChI is InChI=1S/C24H23FN2O3S/c1-17-11-12-18(2)20(13-17)14-26-16-24(28)27(15-19-7-3-4-8-21(19)25)22-9-5-6-10-23(22)31(26,29)30/h3-13H,14-16H2,1-2H3. The van der Waals surface area contributed by atoms with Crippen LogP contribution in [0.25, 0.3) is 0 Å². The number of benzene rings is 3. The first kappa shape index (κ1) is 21.2. The minimum absolute atomic E-state index is 0.0440. The highest BCUT2D eigenvalue weighted by Gasteiger charge is 2.37. The Balaban J connectivity index is 1.78. The molecule has 0 saturated carbocycles. The Hall–Kier alpha value is -3.03. The highest BCUT2D eigenvalue weighted by molar-refractivity contribution is 7.89. The Labute approximate surface area is 181 Å². The zero-order valence-electron chi connectivity index (χ0n) is 17.4. The van der Waals surface area contributed by atoms with E-state index < -0.39 is 21.7 Å². The van der Waals surface area contributed by atoms with E-state index in [0.29, 0.717) is 5.56 Å². The van der Waals surface area contributed by atoms with Crippen LogP contribution in [0.5, 0.6) is 0 Å². The molecule has 31 heavy (non-hydrogen) atoms. The fourth-order valence-corrected chi connectivity index (χ4v) is 5.33. The van der Waals surface area contributed by atoms with Crippen LogP contribution in [0.2, 0.25) is 0 Å². The summed E-state index contributed by atoms with van der Waals surface area (Å²) in [4.78, 5) is 14.6. The zero-order chi connectivity index (χ0) is 22.2. The molecule has 0 radical (unpaired) electrons. The number of para-hydroxylation sites is 1. The fraction of sp³-hybridized carbons (Fsp3) is 0.208. The van der Waals surface area contributed by atoms with Crippen LogP contribution in [0.15, 0.2) is 71.6 Å². The number of aryl methyl sites for hydroxylation is 2. The van der Waals surface area contributed by atoms with E-state index >= 15 is 0 Å². The molecular weight excluding hydrogens is 415 g/mol. The molecule has 0 aliphatic carbocycles. The summed E-state index contributed by atoms with van der Waals surface area (Å²) in [6, 6.07) is 18.4. The lowest BCUT2D eigenvalue weighted by Gasteiger charge is -2.22. The van der Waals surface area contributed by atoms with Gasteiger partial charge in [0.05, 0.1) is 18.8 Å². The third-order valence-electron chi connectivity index (χ3n) is 5.52. The average Bonchev–Trinajstić information content (AvgIpc) is 2.81. The summed E-state index contributed by atoms with van der Waals surface area (Å²) in [5.74, 6) is -0.839. The topological polar surface area (TPSA) is 57.7 Å². The number of fused-ring (bicyclic) bond motifs is 1. The van der Waals surface area contributed by atoms with Crippen LogP contribution in [-0.4, -0.2) is 25.2 Å². The summed E-state index contributed by atoms with van der Waals surface area (Å²) in [7, 11) is -3.94. The largest absolute Gasteiger partial charge is 0.305 e. The first-order chi connectivity index (χ1) is 14.8. The van der Waals surface area contributed by atoms with Gasteiger partial charge in [0.2, 0.25) is 15.9 Å². The molecule has 0 unspecified atom stereocenters. The van der Waals surface area contributed by atoms with Gasteiger partial charge in [-0.3, -0.25) is 4.79 Å². The lowest BCUT2D eigenvalue weighted by atomic mass is 10.1. The molecule has 160 valence electrons. The number of rotatable bonds is 4. The summed E-state index contributed by atoms with van der Waals surface area (Å²) >= 11 is 0. The summed E-state index contributed by atoms with van der Waals surface area (Å²) < 4.78 is 42.5. The second-order valence-corrected chi connectivity index (χ2v) is 9.65. The van der Waals surface area contributed by atoms with Crippen LogP contribution in [0, 0.1) is 19.7 Å². The number of nitrogens with zero attached hydrogens (tertiary/aromatic N) is 2. The second-order valence-electron chi connectivity index (χ2n) is 7.74. The smallest absolute Gasteiger partial charge is 0.245 e. The predicted octanol–water partition coefficient (Wildman–Crippen LogP) is 4.18. The van der Waals surface area contributed by atoms with Crippen molar-refractivity contribution in [1.82, 2.24) is 4.31 Å². The second kappa shape index (κ2) is 8.24. The molecule has 1 aliphatic heterocycles. The van der Waals surface area contributed by atoms with Gasteiger partial charge in [-0.1, -0.05) is 54.1 Å². The van der Waals surface area contributed by atoms with Crippen molar-refractivity contribution in [3.63, 3.8) is 0 Å². The molecule has 0 bridgehead atoms. The van der Waals surface area contributed by atoms with Crippen molar-refractivity contribution >= 4 is 21.6 Å². The monoisotopic (exact) mass is 438 g/mol. The van der Waals surface area contributed by atoms with Crippen LogP contribution in [0.3, 0.4) is 0 Å². The van der Waals surface area contributed by atoms with Crippen molar-refractivity contribution in [2.45, 2.75) is 31.8 Å². The molecule has 0 spiro atoms. The number of halogens is 1. The van der Waals surface area contributed by atoms with Gasteiger partial charge in [-0.15, -0.1) is 0 Å². The Morgan fingerprint density at radius 2 is 1.61 bits per heavy atom. The molecule has 5 nitrogen and oxygen atoms in total. The van der Waals surface area contributed by atoms with Gasteiger partial charge in [0, 0.05) is 12.1 Å². The van der Waals surface area contributed by atoms with E-state index in [2.05, 4.69) is 0 Å². The molecule has 4 rings (SSSR count). The molecular formula is C24H23FN2O3S. The van der Waals surface area contributed by atoms with E-state index in [1.54, 1.807) is 36.4 Å². The first-order valence-corrected chi connectivity index (χ1v) is 11.4. The van der Waals surface area contributed by atoms with Crippen LogP contribution in [0.1, 0.15) is 22.3 Å². The number of carbonyl (C=O) groups is 1. The van der Waals surface area contributed by atoms with Crippen molar-refractivity contribution in [3.05, 3.63) is 94.8 Å². The molecule has 7 heteroatoms. The van der Waals surface area contributed by atoms with E-state index in [4.69, 9.17) is 0 Å². The van der Waals surface area contributed by atoms with Crippen LogP contribution in [-0.2, 0) is 27.9 Å². The average molecular weight is 439 g/mol. The molecule has 0 saturated heterocycles. The molecule has 1 aliphatic rings. The summed E-state index contributed by atoms with van der Waals surface area (Å²) in [5, 5.41) is 0. The van der Waals surface area contributed by atoms with Gasteiger partial charge in [-0.2, -0.15) is 4.31 Å². The Morgan fingerprint density at radius 3 is 2.39 bits per heavy atom. The van der Waals surface area contributed by atoms with Gasteiger partial charge in [0.1, 0.15) is 10.7 Å². The molecule has 0 fully saturated rings. The molecule has 1 amide bonds. The van der Waals surface area contributed by atoms with Gasteiger partial charge >= 0.3 is 0 Å². The van der Waals surface area contributed by atoms with Gasteiger partial charge in [-0.25, -0.2) is 12.8 Å². The highest BCUT2D eigenvalue weighted by atomic mass is 32.2. The number of anilines is 1. The maximum Gasteiger partial charge on any atom is 0.245 e. The van der Waals surface area contributed by atoms with Crippen LogP contribution in [0.4, 0.5) is 10.1 Å². The minimum Gasteiger partial charge on any atom is -0.305 e. The summed E-state index contributed by atoms with van der Waals surface area (Å²) in [5.41, 5.74) is 3.40.